The van der Waals surface area contributed by atoms with E-state index in [1.54, 1.807) is 30.3 Å². The molecule has 32 heavy (non-hydrogen) atoms. The predicted octanol–water partition coefficient (Wildman–Crippen LogP) is 1.90. The molecule has 2 amide bonds. The van der Waals surface area contributed by atoms with Gasteiger partial charge in [-0.3, -0.25) is 9.59 Å². The van der Waals surface area contributed by atoms with E-state index >= 15 is 0 Å². The molecule has 2 aromatic carbocycles. The predicted molar refractivity (Wildman–Crippen MR) is 112 cm³/mol. The first-order valence-electron chi connectivity index (χ1n) is 10.5. The van der Waals surface area contributed by atoms with Crippen molar-refractivity contribution in [1.82, 2.24) is 10.6 Å². The van der Waals surface area contributed by atoms with Gasteiger partial charge in [0, 0.05) is 12.1 Å². The van der Waals surface area contributed by atoms with Gasteiger partial charge in [-0.2, -0.15) is 0 Å². The van der Waals surface area contributed by atoms with Crippen molar-refractivity contribution in [1.29, 1.82) is 0 Å². The number of hydrogen-bond acceptors (Lipinski definition) is 6. The third-order valence-electron chi connectivity index (χ3n) is 5.56. The Morgan fingerprint density at radius 3 is 2.62 bits per heavy atom. The quantitative estimate of drug-likeness (QED) is 0.602. The number of nitrogens with one attached hydrogen (secondary N) is 2. The molecule has 0 aromatic heterocycles. The third kappa shape index (κ3) is 5.35. The van der Waals surface area contributed by atoms with Gasteiger partial charge < -0.3 is 30.0 Å². The first-order chi connectivity index (χ1) is 15.5. The van der Waals surface area contributed by atoms with Crippen LogP contribution in [0.4, 0.5) is 4.39 Å². The van der Waals surface area contributed by atoms with E-state index in [0.29, 0.717) is 36.4 Å². The lowest BCUT2D eigenvalue weighted by Crippen LogP contribution is -2.51. The van der Waals surface area contributed by atoms with Gasteiger partial charge in [0.05, 0.1) is 25.2 Å². The molecular weight excluding hydrogens is 419 g/mol. The van der Waals surface area contributed by atoms with Gasteiger partial charge in [0.15, 0.2) is 11.5 Å². The first-order valence-corrected chi connectivity index (χ1v) is 10.5. The Kier molecular flexibility index (Phi) is 6.87. The van der Waals surface area contributed by atoms with Gasteiger partial charge in [-0.1, -0.05) is 12.1 Å². The molecule has 8 nitrogen and oxygen atoms in total. The zero-order valence-electron chi connectivity index (χ0n) is 17.4. The summed E-state index contributed by atoms with van der Waals surface area (Å²) in [4.78, 5) is 24.9. The molecule has 9 heteroatoms. The number of aliphatic hydroxyl groups is 1. The number of carbonyl (C=O) groups is 2. The minimum Gasteiger partial charge on any atom is -0.454 e. The fourth-order valence-electron chi connectivity index (χ4n) is 3.82. The lowest BCUT2D eigenvalue weighted by Gasteiger charge is -2.36. The molecule has 2 aromatic rings. The number of rotatable bonds is 7. The second kappa shape index (κ2) is 9.97. The van der Waals surface area contributed by atoms with Crippen LogP contribution < -0.4 is 20.1 Å². The summed E-state index contributed by atoms with van der Waals surface area (Å²) in [7, 11) is 0. The first kappa shape index (κ1) is 22.0. The number of aliphatic hydroxyl groups excluding tert-OH is 1. The molecule has 0 aliphatic carbocycles. The topological polar surface area (TPSA) is 106 Å². The van der Waals surface area contributed by atoms with Gasteiger partial charge in [-0.25, -0.2) is 4.39 Å². The summed E-state index contributed by atoms with van der Waals surface area (Å²) in [6.45, 7) is 0.144. The van der Waals surface area contributed by atoms with Gasteiger partial charge >= 0.3 is 0 Å². The largest absolute Gasteiger partial charge is 0.454 e. The van der Waals surface area contributed by atoms with Crippen LogP contribution in [-0.2, 0) is 16.1 Å². The van der Waals surface area contributed by atoms with Crippen molar-refractivity contribution in [3.05, 3.63) is 59.4 Å². The van der Waals surface area contributed by atoms with Gasteiger partial charge in [0.25, 0.3) is 5.91 Å². The van der Waals surface area contributed by atoms with Crippen molar-refractivity contribution in [3.8, 4) is 11.5 Å². The van der Waals surface area contributed by atoms with Crippen molar-refractivity contribution in [2.45, 2.75) is 44.1 Å². The molecule has 4 rings (SSSR count). The number of fused-ring (bicyclic) bond motifs is 1. The third-order valence-corrected chi connectivity index (χ3v) is 5.56. The minimum atomic E-state index is -0.614. The highest BCUT2D eigenvalue weighted by Crippen LogP contribution is 2.32. The van der Waals surface area contributed by atoms with Crippen molar-refractivity contribution >= 4 is 11.8 Å². The summed E-state index contributed by atoms with van der Waals surface area (Å²) >= 11 is 0. The van der Waals surface area contributed by atoms with Gasteiger partial charge in [-0.05, 0) is 48.7 Å². The molecule has 1 fully saturated rings. The maximum Gasteiger partial charge on any atom is 0.251 e. The van der Waals surface area contributed by atoms with Crippen LogP contribution in [0, 0.1) is 5.82 Å². The molecule has 2 aliphatic heterocycles. The normalized spacial score (nSPS) is 21.8. The molecule has 2 heterocycles. The molecule has 0 unspecified atom stereocenters. The molecule has 170 valence electrons. The Balaban J connectivity index is 1.26. The zero-order valence-corrected chi connectivity index (χ0v) is 17.4. The van der Waals surface area contributed by atoms with E-state index in [1.165, 1.54) is 12.1 Å². The number of amides is 2. The smallest absolute Gasteiger partial charge is 0.251 e. The van der Waals surface area contributed by atoms with Crippen molar-refractivity contribution < 1.29 is 33.3 Å². The van der Waals surface area contributed by atoms with Crippen LogP contribution in [0.25, 0.3) is 0 Å². The Labute approximate surface area is 184 Å². The molecule has 0 radical (unpaired) electrons. The molecule has 3 atom stereocenters. The van der Waals surface area contributed by atoms with Gasteiger partial charge in [-0.15, -0.1) is 0 Å². The molecule has 0 spiro atoms. The molecule has 3 N–H and O–H groups in total. The number of ether oxygens (including phenoxy) is 3. The molecule has 1 saturated heterocycles. The summed E-state index contributed by atoms with van der Waals surface area (Å²) in [6, 6.07) is 10.5. The van der Waals surface area contributed by atoms with Crippen LogP contribution in [0.15, 0.2) is 42.5 Å². The van der Waals surface area contributed by atoms with E-state index < -0.39 is 6.10 Å². The Morgan fingerprint density at radius 2 is 1.84 bits per heavy atom. The number of hydrogen-bond donors (Lipinski definition) is 3. The van der Waals surface area contributed by atoms with E-state index in [0.717, 1.165) is 5.56 Å². The highest BCUT2D eigenvalue weighted by molar-refractivity contribution is 5.95. The van der Waals surface area contributed by atoms with E-state index in [9.17, 15) is 19.1 Å². The van der Waals surface area contributed by atoms with Crippen LogP contribution in [0.2, 0.25) is 0 Å². The van der Waals surface area contributed by atoms with E-state index in [2.05, 4.69) is 10.6 Å². The standard InChI is InChI=1S/C23H25FN2O6/c24-16-4-1-14(2-5-16)11-25-22(28)10-17-6-7-18(21(12-27)32-17)26-23(29)15-3-8-19-20(9-15)31-13-30-19/h1-5,8-9,17-18,21,27H,6-7,10-13H2,(H,25,28)(H,26,29)/t17-,18+,21-/m0/s1. The number of carbonyl (C=O) groups excluding carboxylic acids is 2. The van der Waals surface area contributed by atoms with Gasteiger partial charge in [0.2, 0.25) is 12.7 Å². The highest BCUT2D eigenvalue weighted by Gasteiger charge is 2.33. The number of halogens is 1. The maximum absolute atomic E-state index is 13.0. The van der Waals surface area contributed by atoms with E-state index in [4.69, 9.17) is 14.2 Å². The molecule has 0 saturated carbocycles. The van der Waals surface area contributed by atoms with Crippen LogP contribution >= 0.6 is 0 Å². The van der Waals surface area contributed by atoms with Crippen molar-refractivity contribution in [2.24, 2.45) is 0 Å². The average Bonchev–Trinajstić information content (AvgIpc) is 3.27. The second-order valence-corrected chi connectivity index (χ2v) is 7.81. The summed E-state index contributed by atoms with van der Waals surface area (Å²) < 4.78 is 29.4. The Bertz CT molecular complexity index is 967. The zero-order chi connectivity index (χ0) is 22.5. The fourth-order valence-corrected chi connectivity index (χ4v) is 3.82. The summed E-state index contributed by atoms with van der Waals surface area (Å²) in [5.74, 6) is 0.287. The Morgan fingerprint density at radius 1 is 1.06 bits per heavy atom. The SMILES string of the molecule is O=C(C[C@@H]1CC[C@@H](NC(=O)c2ccc3c(c2)OCO3)[C@H](CO)O1)NCc1ccc(F)cc1. The molecule has 2 aliphatic rings. The number of benzene rings is 2. The van der Waals surface area contributed by atoms with Crippen LogP contribution in [0.5, 0.6) is 11.5 Å². The van der Waals surface area contributed by atoms with Gasteiger partial charge in [0.1, 0.15) is 11.9 Å². The fraction of sp³-hybridized carbons (Fsp3) is 0.391. The maximum atomic E-state index is 13.0. The minimum absolute atomic E-state index is 0.127. The molecular formula is C23H25FN2O6. The lowest BCUT2D eigenvalue weighted by atomic mass is 9.96. The summed E-state index contributed by atoms with van der Waals surface area (Å²) in [5.41, 5.74) is 1.22. The Hall–Kier alpha value is -3.17. The summed E-state index contributed by atoms with van der Waals surface area (Å²) in [5, 5.41) is 15.4. The van der Waals surface area contributed by atoms with Crippen LogP contribution in [-0.4, -0.2) is 48.6 Å². The lowest BCUT2D eigenvalue weighted by molar-refractivity contribution is -0.131. The second-order valence-electron chi connectivity index (χ2n) is 7.81. The average molecular weight is 444 g/mol. The molecule has 0 bridgehead atoms. The monoisotopic (exact) mass is 444 g/mol. The highest BCUT2D eigenvalue weighted by atomic mass is 19.1. The van der Waals surface area contributed by atoms with Crippen molar-refractivity contribution in [2.75, 3.05) is 13.4 Å². The van der Waals surface area contributed by atoms with E-state index in [-0.39, 0.29) is 49.6 Å². The summed E-state index contributed by atoms with van der Waals surface area (Å²) in [6.07, 6.45) is 0.292. The van der Waals surface area contributed by atoms with Crippen LogP contribution in [0.3, 0.4) is 0 Å². The van der Waals surface area contributed by atoms with Crippen LogP contribution in [0.1, 0.15) is 35.2 Å². The van der Waals surface area contributed by atoms with Crippen molar-refractivity contribution in [3.63, 3.8) is 0 Å². The van der Waals surface area contributed by atoms with E-state index in [1.807, 2.05) is 0 Å².